The first kappa shape index (κ1) is 32.9. The summed E-state index contributed by atoms with van der Waals surface area (Å²) in [5.74, 6) is -4.20. The molecule has 0 fully saturated rings. The number of aromatic nitrogens is 2. The van der Waals surface area contributed by atoms with Crippen molar-refractivity contribution in [2.75, 3.05) is 18.8 Å². The van der Waals surface area contributed by atoms with Crippen molar-refractivity contribution in [2.24, 2.45) is 0 Å². The van der Waals surface area contributed by atoms with Gasteiger partial charge in [0.25, 0.3) is 5.91 Å². The Morgan fingerprint density at radius 3 is 2.36 bits per heavy atom. The van der Waals surface area contributed by atoms with Gasteiger partial charge in [0, 0.05) is 10.7 Å². The van der Waals surface area contributed by atoms with Gasteiger partial charge in [-0.1, -0.05) is 41.4 Å². The SMILES string of the molecule is Nc1ccn(-c2cc(C(/C=C/c3ccc(C(=O)NCC(=O)NCC(F)(F)F)c(Br)c3)C(F)(F)F)cc(Cl)c2Cl)c(=O)n1. The lowest BCUT2D eigenvalue weighted by Gasteiger charge is -2.20. The molecule has 3 aromatic rings. The lowest BCUT2D eigenvalue weighted by molar-refractivity contribution is -0.139. The normalized spacial score (nSPS) is 12.8. The summed E-state index contributed by atoms with van der Waals surface area (Å²) in [6.07, 6.45) is -6.27. The third-order valence-corrected chi connectivity index (χ3v) is 6.89. The number of anilines is 1. The fourth-order valence-electron chi connectivity index (χ4n) is 3.50. The van der Waals surface area contributed by atoms with Crippen LogP contribution in [0.2, 0.25) is 10.0 Å². The van der Waals surface area contributed by atoms with E-state index in [2.05, 4.69) is 26.2 Å². The number of halogens is 9. The van der Waals surface area contributed by atoms with Crippen LogP contribution < -0.4 is 22.1 Å². The van der Waals surface area contributed by atoms with Crippen LogP contribution in [0.5, 0.6) is 0 Å². The van der Waals surface area contributed by atoms with Gasteiger partial charge in [0.2, 0.25) is 5.91 Å². The Balaban J connectivity index is 1.85. The second-order valence-corrected chi connectivity index (χ2v) is 10.2. The number of nitrogens with zero attached hydrogens (tertiary/aromatic N) is 2. The Bertz CT molecular complexity index is 1590. The molecule has 2 amide bonds. The third-order valence-electron chi connectivity index (χ3n) is 5.44. The molecule has 0 aliphatic carbocycles. The third kappa shape index (κ3) is 8.72. The van der Waals surface area contributed by atoms with Gasteiger partial charge in [-0.05, 0) is 57.4 Å². The highest BCUT2D eigenvalue weighted by Gasteiger charge is 2.39. The molecule has 1 aromatic heterocycles. The highest BCUT2D eigenvalue weighted by molar-refractivity contribution is 9.10. The Kier molecular flexibility index (Phi) is 10.3. The molecule has 3 rings (SSSR count). The number of hydrogen-bond acceptors (Lipinski definition) is 5. The molecule has 0 saturated heterocycles. The summed E-state index contributed by atoms with van der Waals surface area (Å²) in [6.45, 7) is -2.30. The van der Waals surface area contributed by atoms with Crippen LogP contribution in [-0.4, -0.2) is 46.8 Å². The van der Waals surface area contributed by atoms with Crippen LogP contribution in [0, 0.1) is 0 Å². The molecule has 0 spiro atoms. The van der Waals surface area contributed by atoms with Crippen LogP contribution >= 0.6 is 39.1 Å². The first-order chi connectivity index (χ1) is 19.5. The Morgan fingerprint density at radius 2 is 1.76 bits per heavy atom. The fraction of sp³-hybridized carbons (Fsp3) is 0.200. The summed E-state index contributed by atoms with van der Waals surface area (Å²) in [6, 6.07) is 7.19. The van der Waals surface area contributed by atoms with Gasteiger partial charge in [-0.2, -0.15) is 31.3 Å². The second kappa shape index (κ2) is 13.2. The van der Waals surface area contributed by atoms with Gasteiger partial charge in [-0.15, -0.1) is 0 Å². The largest absolute Gasteiger partial charge is 0.405 e. The van der Waals surface area contributed by atoms with E-state index in [0.29, 0.717) is 0 Å². The van der Waals surface area contributed by atoms with E-state index in [1.165, 1.54) is 30.5 Å². The van der Waals surface area contributed by atoms with Crippen molar-refractivity contribution in [3.63, 3.8) is 0 Å². The minimum Gasteiger partial charge on any atom is -0.383 e. The minimum absolute atomic E-state index is 0.0279. The Hall–Kier alpha value is -3.56. The summed E-state index contributed by atoms with van der Waals surface area (Å²) < 4.78 is 80.0. The summed E-state index contributed by atoms with van der Waals surface area (Å²) in [5, 5.41) is 3.31. The maximum atomic E-state index is 14.1. The Labute approximate surface area is 251 Å². The smallest absolute Gasteiger partial charge is 0.383 e. The molecule has 4 N–H and O–H groups in total. The summed E-state index contributed by atoms with van der Waals surface area (Å²) >= 11 is 15.4. The van der Waals surface area contributed by atoms with E-state index >= 15 is 0 Å². The number of carbonyl (C=O) groups excluding carboxylic acids is 2. The quantitative estimate of drug-likeness (QED) is 0.263. The zero-order valence-corrected chi connectivity index (χ0v) is 23.9. The maximum absolute atomic E-state index is 14.1. The zero-order valence-electron chi connectivity index (χ0n) is 20.8. The maximum Gasteiger partial charge on any atom is 0.405 e. The second-order valence-electron chi connectivity index (χ2n) is 8.53. The van der Waals surface area contributed by atoms with Crippen LogP contribution in [0.4, 0.5) is 32.2 Å². The predicted octanol–water partition coefficient (Wildman–Crippen LogP) is 5.65. The molecule has 1 atom stereocenters. The van der Waals surface area contributed by atoms with Gasteiger partial charge >= 0.3 is 18.0 Å². The molecule has 1 heterocycles. The molecule has 1 unspecified atom stereocenters. The lowest BCUT2D eigenvalue weighted by Crippen LogP contribution is -2.40. The summed E-state index contributed by atoms with van der Waals surface area (Å²) in [5.41, 5.74) is 4.30. The van der Waals surface area contributed by atoms with Crippen molar-refractivity contribution in [3.8, 4) is 5.69 Å². The molecule has 0 bridgehead atoms. The van der Waals surface area contributed by atoms with Crippen molar-refractivity contribution in [1.82, 2.24) is 20.2 Å². The number of allylic oxidation sites excluding steroid dienone is 1. The molecular formula is C25H18BrCl2F6N5O3. The van der Waals surface area contributed by atoms with Gasteiger partial charge < -0.3 is 16.4 Å². The lowest BCUT2D eigenvalue weighted by atomic mass is 9.96. The van der Waals surface area contributed by atoms with E-state index in [1.807, 2.05) is 0 Å². The molecule has 0 aliphatic heterocycles. The van der Waals surface area contributed by atoms with Crippen molar-refractivity contribution in [2.45, 2.75) is 18.3 Å². The average Bonchev–Trinajstić information content (AvgIpc) is 2.87. The topological polar surface area (TPSA) is 119 Å². The number of alkyl halides is 6. The number of rotatable bonds is 8. The zero-order chi connectivity index (χ0) is 31.4. The van der Waals surface area contributed by atoms with E-state index in [9.17, 15) is 40.7 Å². The molecule has 224 valence electrons. The van der Waals surface area contributed by atoms with Gasteiger partial charge in [-0.25, -0.2) is 4.79 Å². The highest BCUT2D eigenvalue weighted by Crippen LogP contribution is 2.40. The number of nitrogens with one attached hydrogen (secondary N) is 2. The monoisotopic (exact) mass is 699 g/mol. The van der Waals surface area contributed by atoms with Gasteiger partial charge in [0.1, 0.15) is 12.4 Å². The van der Waals surface area contributed by atoms with Crippen LogP contribution in [0.3, 0.4) is 0 Å². The van der Waals surface area contributed by atoms with Gasteiger partial charge in [0.15, 0.2) is 0 Å². The first-order valence-electron chi connectivity index (χ1n) is 11.5. The average molecular weight is 701 g/mol. The fourth-order valence-corrected chi connectivity index (χ4v) is 4.50. The highest BCUT2D eigenvalue weighted by atomic mass is 79.9. The summed E-state index contributed by atoms with van der Waals surface area (Å²) in [4.78, 5) is 39.7. The van der Waals surface area contributed by atoms with Crippen LogP contribution in [0.25, 0.3) is 11.8 Å². The molecule has 0 aliphatic rings. The van der Waals surface area contributed by atoms with Crippen LogP contribution in [-0.2, 0) is 4.79 Å². The van der Waals surface area contributed by atoms with E-state index < -0.39 is 48.9 Å². The number of benzene rings is 2. The van der Waals surface area contributed by atoms with E-state index in [0.717, 1.165) is 28.9 Å². The molecule has 0 radical (unpaired) electrons. The molecule has 0 saturated carbocycles. The van der Waals surface area contributed by atoms with Crippen molar-refractivity contribution in [1.29, 1.82) is 0 Å². The van der Waals surface area contributed by atoms with E-state index in [1.54, 1.807) is 5.32 Å². The standard InChI is InChI=1S/C25H18BrCl2F6N5O3/c26-16-7-12(1-3-14(16)22(41)36-10-20(40)37-11-24(29,30)31)2-4-15(25(32,33)34)13-8-17(27)21(28)18(9-13)39-6-5-19(35)38-23(39)42/h1-9,15H,10-11H2,(H,36,41)(H,37,40)(H2,35,38,42)/b4-2+. The van der Waals surface area contributed by atoms with Crippen molar-refractivity contribution < 1.29 is 35.9 Å². The Morgan fingerprint density at radius 1 is 1.07 bits per heavy atom. The van der Waals surface area contributed by atoms with Gasteiger partial charge in [0.05, 0.1) is 33.8 Å². The summed E-state index contributed by atoms with van der Waals surface area (Å²) in [7, 11) is 0. The number of amides is 2. The minimum atomic E-state index is -4.81. The number of nitrogens with two attached hydrogens (primary N) is 1. The number of carbonyl (C=O) groups is 2. The molecule has 42 heavy (non-hydrogen) atoms. The van der Waals surface area contributed by atoms with E-state index in [4.69, 9.17) is 28.9 Å². The molecule has 17 heteroatoms. The first-order valence-corrected chi connectivity index (χ1v) is 13.0. The number of nitrogen functional groups attached to an aromatic ring is 1. The van der Waals surface area contributed by atoms with Crippen LogP contribution in [0.15, 0.2) is 57.9 Å². The van der Waals surface area contributed by atoms with Crippen molar-refractivity contribution in [3.05, 3.63) is 90.4 Å². The van der Waals surface area contributed by atoms with E-state index in [-0.39, 0.29) is 42.7 Å². The van der Waals surface area contributed by atoms with Crippen LogP contribution in [0.1, 0.15) is 27.4 Å². The van der Waals surface area contributed by atoms with Gasteiger partial charge in [-0.3, -0.25) is 14.2 Å². The molecular weight excluding hydrogens is 683 g/mol. The predicted molar refractivity (Wildman–Crippen MR) is 148 cm³/mol. The van der Waals surface area contributed by atoms with Crippen molar-refractivity contribution >= 4 is 62.8 Å². The molecule has 8 nitrogen and oxygen atoms in total. The molecule has 2 aromatic carbocycles. The number of hydrogen-bond donors (Lipinski definition) is 3.